The number of amides is 2. The number of aromatic nitrogens is 1. The van der Waals surface area contributed by atoms with Crippen molar-refractivity contribution in [3.05, 3.63) is 82.7 Å². The summed E-state index contributed by atoms with van der Waals surface area (Å²) in [6, 6.07) is 16.8. The zero-order valence-corrected chi connectivity index (χ0v) is 21.0. The minimum Gasteiger partial charge on any atom is -0.458 e. The van der Waals surface area contributed by atoms with E-state index in [1.165, 1.54) is 0 Å². The van der Waals surface area contributed by atoms with Crippen molar-refractivity contribution in [3.8, 4) is 11.1 Å². The van der Waals surface area contributed by atoms with Crippen LogP contribution in [0.15, 0.2) is 65.2 Å². The first-order valence-electron chi connectivity index (χ1n) is 12.1. The predicted octanol–water partition coefficient (Wildman–Crippen LogP) is 4.45. The quantitative estimate of drug-likeness (QED) is 0.374. The summed E-state index contributed by atoms with van der Waals surface area (Å²) in [5.74, 6) is 0.957. The van der Waals surface area contributed by atoms with Crippen LogP contribution in [0, 0.1) is 0 Å². The van der Waals surface area contributed by atoms with E-state index in [1.54, 1.807) is 12.3 Å². The third-order valence-electron chi connectivity index (χ3n) is 6.31. The fourth-order valence-corrected chi connectivity index (χ4v) is 4.58. The Kier molecular flexibility index (Phi) is 7.39. The number of nitrogens with one attached hydrogen (secondary N) is 1. The Morgan fingerprint density at radius 2 is 1.89 bits per heavy atom. The molecule has 3 N–H and O–H groups in total. The Bertz CT molecular complexity index is 1430. The van der Waals surface area contributed by atoms with Crippen molar-refractivity contribution in [2.45, 2.75) is 19.4 Å². The van der Waals surface area contributed by atoms with Crippen molar-refractivity contribution in [2.24, 2.45) is 0 Å². The maximum absolute atomic E-state index is 12.9. The molecule has 2 aromatic heterocycles. The van der Waals surface area contributed by atoms with Gasteiger partial charge in [-0.1, -0.05) is 29.8 Å². The molecule has 1 aliphatic rings. The van der Waals surface area contributed by atoms with E-state index in [2.05, 4.69) is 10.3 Å². The molecule has 190 valence electrons. The number of carbonyl (C=O) groups excluding carboxylic acids is 2. The molecule has 0 spiro atoms. The first-order valence-corrected chi connectivity index (χ1v) is 12.5. The van der Waals surface area contributed by atoms with Crippen LogP contribution in [-0.2, 0) is 22.5 Å². The number of carbonyl (C=O) groups is 2. The molecule has 0 saturated carbocycles. The minimum absolute atomic E-state index is 0.00804. The van der Waals surface area contributed by atoms with E-state index in [0.29, 0.717) is 66.9 Å². The Morgan fingerprint density at radius 3 is 2.68 bits per heavy atom. The monoisotopic (exact) mass is 518 g/mol. The molecule has 0 aliphatic carbocycles. The molecular formula is C28H27ClN4O4. The summed E-state index contributed by atoms with van der Waals surface area (Å²) in [7, 11) is 0. The van der Waals surface area contributed by atoms with E-state index in [0.717, 1.165) is 22.1 Å². The Labute approximate surface area is 219 Å². The van der Waals surface area contributed by atoms with E-state index in [4.69, 9.17) is 26.5 Å². The number of benzene rings is 2. The van der Waals surface area contributed by atoms with E-state index in [1.807, 2.05) is 53.4 Å². The lowest BCUT2D eigenvalue weighted by molar-refractivity contribution is -0.121. The molecule has 1 fully saturated rings. The second kappa shape index (κ2) is 11.0. The molecule has 0 radical (unpaired) electrons. The zero-order valence-electron chi connectivity index (χ0n) is 20.2. The number of rotatable bonds is 7. The number of ether oxygens (including phenoxy) is 1. The second-order valence-corrected chi connectivity index (χ2v) is 9.35. The highest BCUT2D eigenvalue weighted by Gasteiger charge is 2.19. The van der Waals surface area contributed by atoms with Gasteiger partial charge < -0.3 is 25.1 Å². The number of nitrogen functional groups attached to an aromatic ring is 1. The molecule has 9 heteroatoms. The number of fused-ring (bicyclic) bond motifs is 1. The average molecular weight is 519 g/mol. The van der Waals surface area contributed by atoms with Gasteiger partial charge in [0.05, 0.1) is 24.8 Å². The van der Waals surface area contributed by atoms with Gasteiger partial charge in [0.25, 0.3) is 5.91 Å². The van der Waals surface area contributed by atoms with Gasteiger partial charge in [0.15, 0.2) is 5.58 Å². The molecular weight excluding hydrogens is 492 g/mol. The molecule has 3 heterocycles. The largest absolute Gasteiger partial charge is 0.458 e. The number of aryl methyl sites for hydroxylation is 1. The van der Waals surface area contributed by atoms with Crippen LogP contribution in [0.4, 0.5) is 5.82 Å². The van der Waals surface area contributed by atoms with Gasteiger partial charge in [-0.05, 0) is 59.5 Å². The van der Waals surface area contributed by atoms with Crippen LogP contribution in [0.5, 0.6) is 0 Å². The normalized spacial score (nSPS) is 13.6. The van der Waals surface area contributed by atoms with Crippen LogP contribution in [-0.4, -0.2) is 48.0 Å². The molecule has 37 heavy (non-hydrogen) atoms. The number of furan rings is 1. The van der Waals surface area contributed by atoms with E-state index in [9.17, 15) is 9.59 Å². The first-order chi connectivity index (χ1) is 18.0. The predicted molar refractivity (Wildman–Crippen MR) is 142 cm³/mol. The molecule has 1 saturated heterocycles. The molecule has 0 unspecified atom stereocenters. The molecule has 1 aliphatic heterocycles. The molecule has 5 rings (SSSR count). The smallest absolute Gasteiger partial charge is 0.254 e. The highest BCUT2D eigenvalue weighted by molar-refractivity contribution is 6.35. The van der Waals surface area contributed by atoms with Crippen LogP contribution in [0.2, 0.25) is 5.02 Å². The fourth-order valence-electron chi connectivity index (χ4n) is 4.31. The number of halogens is 1. The highest BCUT2D eigenvalue weighted by Crippen LogP contribution is 2.33. The molecule has 2 amide bonds. The van der Waals surface area contributed by atoms with Gasteiger partial charge in [0, 0.05) is 36.7 Å². The van der Waals surface area contributed by atoms with Crippen LogP contribution < -0.4 is 11.1 Å². The van der Waals surface area contributed by atoms with Crippen molar-refractivity contribution < 1.29 is 18.7 Å². The van der Waals surface area contributed by atoms with Crippen molar-refractivity contribution >= 4 is 40.2 Å². The second-order valence-electron chi connectivity index (χ2n) is 8.94. The maximum atomic E-state index is 12.9. The molecule has 0 bridgehead atoms. The summed E-state index contributed by atoms with van der Waals surface area (Å²) in [6.45, 7) is 2.55. The third kappa shape index (κ3) is 5.93. The standard InChI is InChI=1S/C28H27ClN4O4/c29-24-15-21(19-2-1-3-20(12-19)28(35)33-8-10-36-11-9-33)13-22-14-23(37-27(22)24)17-32-26(34)7-5-18-4-6-25(30)31-16-18/h1-4,6,12-16H,5,7-11,17H2,(H2,30,31)(H,32,34). The number of hydrogen-bond donors (Lipinski definition) is 2. The van der Waals surface area contributed by atoms with Crippen LogP contribution in [0.3, 0.4) is 0 Å². The van der Waals surface area contributed by atoms with Crippen LogP contribution in [0.25, 0.3) is 22.1 Å². The van der Waals surface area contributed by atoms with Crippen LogP contribution in [0.1, 0.15) is 28.1 Å². The molecule has 0 atom stereocenters. The number of hydrogen-bond acceptors (Lipinski definition) is 6. The number of morpholine rings is 1. The number of nitrogens with two attached hydrogens (primary N) is 1. The Balaban J connectivity index is 1.26. The minimum atomic E-state index is -0.0918. The topological polar surface area (TPSA) is 111 Å². The number of nitrogens with zero attached hydrogens (tertiary/aromatic N) is 2. The maximum Gasteiger partial charge on any atom is 0.254 e. The summed E-state index contributed by atoms with van der Waals surface area (Å²) in [5.41, 5.74) is 9.49. The lowest BCUT2D eigenvalue weighted by Crippen LogP contribution is -2.40. The summed E-state index contributed by atoms with van der Waals surface area (Å²) in [4.78, 5) is 31.1. The molecule has 2 aromatic carbocycles. The fraction of sp³-hybridized carbons (Fsp3) is 0.250. The SMILES string of the molecule is Nc1ccc(CCC(=O)NCc2cc3cc(-c4cccc(C(=O)N5CCOCC5)c4)cc(Cl)c3o2)cn1. The summed E-state index contributed by atoms with van der Waals surface area (Å²) in [5, 5.41) is 4.17. The van der Waals surface area contributed by atoms with E-state index in [-0.39, 0.29) is 18.4 Å². The number of pyridine rings is 1. The average Bonchev–Trinajstić information content (AvgIpc) is 3.35. The molecule has 4 aromatic rings. The Hall–Kier alpha value is -3.88. The van der Waals surface area contributed by atoms with Crippen molar-refractivity contribution in [1.82, 2.24) is 15.2 Å². The summed E-state index contributed by atoms with van der Waals surface area (Å²) in [6.07, 6.45) is 2.58. The van der Waals surface area contributed by atoms with Gasteiger partial charge in [-0.25, -0.2) is 4.98 Å². The van der Waals surface area contributed by atoms with E-state index < -0.39 is 0 Å². The lowest BCUT2D eigenvalue weighted by Gasteiger charge is -2.27. The Morgan fingerprint density at radius 1 is 1.05 bits per heavy atom. The van der Waals surface area contributed by atoms with Crippen molar-refractivity contribution in [3.63, 3.8) is 0 Å². The summed E-state index contributed by atoms with van der Waals surface area (Å²) >= 11 is 6.56. The van der Waals surface area contributed by atoms with E-state index >= 15 is 0 Å². The number of anilines is 1. The van der Waals surface area contributed by atoms with Gasteiger partial charge in [-0.2, -0.15) is 0 Å². The first kappa shape index (κ1) is 24.8. The molecule has 8 nitrogen and oxygen atoms in total. The van der Waals surface area contributed by atoms with Gasteiger partial charge in [-0.15, -0.1) is 0 Å². The van der Waals surface area contributed by atoms with Gasteiger partial charge in [0.2, 0.25) is 5.91 Å². The van der Waals surface area contributed by atoms with Gasteiger partial charge in [-0.3, -0.25) is 9.59 Å². The summed E-state index contributed by atoms with van der Waals surface area (Å²) < 4.78 is 11.3. The van der Waals surface area contributed by atoms with Gasteiger partial charge >= 0.3 is 0 Å². The van der Waals surface area contributed by atoms with Crippen LogP contribution >= 0.6 is 11.6 Å². The zero-order chi connectivity index (χ0) is 25.8. The third-order valence-corrected chi connectivity index (χ3v) is 6.59. The highest BCUT2D eigenvalue weighted by atomic mass is 35.5. The lowest BCUT2D eigenvalue weighted by atomic mass is 10.0. The van der Waals surface area contributed by atoms with Gasteiger partial charge in [0.1, 0.15) is 11.6 Å². The van der Waals surface area contributed by atoms with Crippen molar-refractivity contribution in [2.75, 3.05) is 32.0 Å². The van der Waals surface area contributed by atoms with Crippen molar-refractivity contribution in [1.29, 1.82) is 0 Å².